The first kappa shape index (κ1) is 30.8. The van der Waals surface area contributed by atoms with Crippen molar-refractivity contribution in [3.05, 3.63) is 129 Å². The zero-order chi connectivity index (χ0) is 32.2. The first-order valence-electron chi connectivity index (χ1n) is 13.7. The highest BCUT2D eigenvalue weighted by atomic mass is 32.1. The summed E-state index contributed by atoms with van der Waals surface area (Å²) in [6, 6.07) is 15.9. The maximum Gasteiger partial charge on any atom is 0.338 e. The molecule has 0 saturated heterocycles. The van der Waals surface area contributed by atoms with Gasteiger partial charge in [-0.1, -0.05) is 41.7 Å². The SMILES string of the molecule is CCOC(=O)C1=C(C)N=c2s/c(=C/c3ccccc3Oc3ccc([N+](=O)[O-])cc3[N+](=O)[O-])c(=O)n2[C@H]1c1ccc(OCC)cc1. The molecule has 0 aliphatic carbocycles. The van der Waals surface area contributed by atoms with Crippen LogP contribution < -0.4 is 24.4 Å². The number of aromatic nitrogens is 1. The molecule has 13 nitrogen and oxygen atoms in total. The molecule has 14 heteroatoms. The number of nitro benzene ring substituents is 2. The number of nitro groups is 2. The molecule has 0 unspecified atom stereocenters. The number of rotatable bonds is 10. The molecular formula is C31H26N4O9S. The van der Waals surface area contributed by atoms with Gasteiger partial charge in [-0.25, -0.2) is 9.79 Å². The number of thiazole rings is 1. The van der Waals surface area contributed by atoms with Crippen LogP contribution in [0.5, 0.6) is 17.2 Å². The highest BCUT2D eigenvalue weighted by molar-refractivity contribution is 7.07. The Labute approximate surface area is 259 Å². The minimum atomic E-state index is -0.827. The Bertz CT molecular complexity index is 2030. The molecule has 1 aromatic heterocycles. The number of para-hydroxylation sites is 1. The van der Waals surface area contributed by atoms with Gasteiger partial charge in [0.25, 0.3) is 11.2 Å². The van der Waals surface area contributed by atoms with E-state index in [1.54, 1.807) is 68.5 Å². The lowest BCUT2D eigenvalue weighted by molar-refractivity contribution is -0.394. The fourth-order valence-electron chi connectivity index (χ4n) is 4.82. The predicted octanol–water partition coefficient (Wildman–Crippen LogP) is 4.81. The van der Waals surface area contributed by atoms with E-state index in [1.807, 2.05) is 6.92 Å². The quantitative estimate of drug-likeness (QED) is 0.136. The van der Waals surface area contributed by atoms with Crippen LogP contribution in [0.15, 0.2) is 87.8 Å². The van der Waals surface area contributed by atoms with Crippen molar-refractivity contribution in [2.24, 2.45) is 4.99 Å². The van der Waals surface area contributed by atoms with Gasteiger partial charge in [-0.2, -0.15) is 0 Å². The minimum Gasteiger partial charge on any atom is -0.494 e. The third-order valence-corrected chi connectivity index (χ3v) is 7.78. The average molecular weight is 631 g/mol. The van der Waals surface area contributed by atoms with Crippen LogP contribution >= 0.6 is 11.3 Å². The molecule has 230 valence electrons. The van der Waals surface area contributed by atoms with Crippen molar-refractivity contribution in [2.75, 3.05) is 13.2 Å². The first-order valence-corrected chi connectivity index (χ1v) is 14.6. The highest BCUT2D eigenvalue weighted by Gasteiger charge is 2.33. The van der Waals surface area contributed by atoms with Crippen molar-refractivity contribution in [2.45, 2.75) is 26.8 Å². The third-order valence-electron chi connectivity index (χ3n) is 6.80. The zero-order valence-corrected chi connectivity index (χ0v) is 25.1. The van der Waals surface area contributed by atoms with Crippen LogP contribution in [-0.4, -0.2) is 33.6 Å². The average Bonchev–Trinajstić information content (AvgIpc) is 3.31. The number of esters is 1. The number of carbonyl (C=O) groups is 1. The summed E-state index contributed by atoms with van der Waals surface area (Å²) in [5.41, 5.74) is 0.234. The monoisotopic (exact) mass is 630 g/mol. The molecule has 0 amide bonds. The zero-order valence-electron chi connectivity index (χ0n) is 24.3. The van der Waals surface area contributed by atoms with Crippen LogP contribution in [0.25, 0.3) is 6.08 Å². The molecule has 5 rings (SSSR count). The van der Waals surface area contributed by atoms with Gasteiger partial charge in [-0.15, -0.1) is 0 Å². The molecule has 1 aliphatic heterocycles. The fraction of sp³-hybridized carbons (Fsp3) is 0.194. The number of fused-ring (bicyclic) bond motifs is 1. The van der Waals surface area contributed by atoms with E-state index in [0.29, 0.717) is 34.0 Å². The highest BCUT2D eigenvalue weighted by Crippen LogP contribution is 2.36. The second kappa shape index (κ2) is 12.9. The maximum absolute atomic E-state index is 14.0. The van der Waals surface area contributed by atoms with Crippen LogP contribution in [-0.2, 0) is 9.53 Å². The van der Waals surface area contributed by atoms with Gasteiger partial charge in [-0.3, -0.25) is 29.6 Å². The van der Waals surface area contributed by atoms with E-state index in [0.717, 1.165) is 29.5 Å². The smallest absolute Gasteiger partial charge is 0.338 e. The van der Waals surface area contributed by atoms with Gasteiger partial charge in [0.1, 0.15) is 11.5 Å². The first-order chi connectivity index (χ1) is 21.6. The van der Waals surface area contributed by atoms with Gasteiger partial charge in [0.05, 0.1) is 51.0 Å². The van der Waals surface area contributed by atoms with Crippen LogP contribution in [0.4, 0.5) is 11.4 Å². The standard InChI is InChI=1S/C31H26N4O9S/c1-4-42-22-13-10-19(11-14-22)28-27(30(37)43-5-2)18(3)32-31-33(28)29(36)26(45-31)16-20-8-6-7-9-24(20)44-25-15-12-21(34(38)39)17-23(25)35(40)41/h6-17,28H,4-5H2,1-3H3/b26-16+/t28-/m0/s1. The number of nitrogens with zero attached hydrogens (tertiary/aromatic N) is 4. The Morgan fingerprint density at radius 1 is 1.00 bits per heavy atom. The Balaban J connectivity index is 1.63. The van der Waals surface area contributed by atoms with Crippen molar-refractivity contribution < 1.29 is 28.9 Å². The molecule has 4 aromatic rings. The predicted molar refractivity (Wildman–Crippen MR) is 164 cm³/mol. The molecule has 0 radical (unpaired) electrons. The van der Waals surface area contributed by atoms with Crippen molar-refractivity contribution in [3.63, 3.8) is 0 Å². The molecule has 1 atom stereocenters. The van der Waals surface area contributed by atoms with Crippen molar-refractivity contribution in [3.8, 4) is 17.2 Å². The van der Waals surface area contributed by atoms with Crippen LogP contribution in [0, 0.1) is 20.2 Å². The van der Waals surface area contributed by atoms with Gasteiger partial charge in [0, 0.05) is 11.6 Å². The Morgan fingerprint density at radius 2 is 1.73 bits per heavy atom. The number of carbonyl (C=O) groups excluding carboxylic acids is 1. The van der Waals surface area contributed by atoms with E-state index in [1.165, 1.54) is 4.57 Å². The largest absolute Gasteiger partial charge is 0.494 e. The molecule has 3 aromatic carbocycles. The summed E-state index contributed by atoms with van der Waals surface area (Å²) in [5, 5.41) is 22.8. The van der Waals surface area contributed by atoms with Crippen LogP contribution in [0.1, 0.15) is 37.9 Å². The molecule has 2 heterocycles. The summed E-state index contributed by atoms with van der Waals surface area (Å²) in [6.07, 6.45) is 1.56. The van der Waals surface area contributed by atoms with Gasteiger partial charge in [0.15, 0.2) is 4.80 Å². The lowest BCUT2D eigenvalue weighted by Crippen LogP contribution is -2.39. The molecule has 0 fully saturated rings. The topological polar surface area (TPSA) is 165 Å². The second-order valence-corrected chi connectivity index (χ2v) is 10.6. The van der Waals surface area contributed by atoms with Crippen LogP contribution in [0.3, 0.4) is 0 Å². The summed E-state index contributed by atoms with van der Waals surface area (Å²) in [5.74, 6) is 0.0112. The van der Waals surface area contributed by atoms with E-state index in [-0.39, 0.29) is 28.2 Å². The summed E-state index contributed by atoms with van der Waals surface area (Å²) < 4.78 is 18.5. The Hall–Kier alpha value is -5.63. The number of allylic oxidation sites excluding steroid dienone is 1. The van der Waals surface area contributed by atoms with Gasteiger partial charge < -0.3 is 14.2 Å². The fourth-order valence-corrected chi connectivity index (χ4v) is 5.86. The number of hydrogen-bond acceptors (Lipinski definition) is 11. The summed E-state index contributed by atoms with van der Waals surface area (Å²) in [6.45, 7) is 5.86. The van der Waals surface area contributed by atoms with Gasteiger partial charge >= 0.3 is 11.7 Å². The van der Waals surface area contributed by atoms with Crippen LogP contribution in [0.2, 0.25) is 0 Å². The van der Waals surface area contributed by atoms with E-state index >= 15 is 0 Å². The maximum atomic E-state index is 14.0. The molecule has 0 bridgehead atoms. The van der Waals surface area contributed by atoms with Gasteiger partial charge in [-0.05, 0) is 56.7 Å². The summed E-state index contributed by atoms with van der Waals surface area (Å²) in [4.78, 5) is 53.4. The lowest BCUT2D eigenvalue weighted by Gasteiger charge is -2.24. The normalized spacial score (nSPS) is 14.4. The number of hydrogen-bond donors (Lipinski definition) is 0. The Kier molecular flexibility index (Phi) is 8.86. The van der Waals surface area contributed by atoms with E-state index in [2.05, 4.69) is 4.99 Å². The van der Waals surface area contributed by atoms with Crippen molar-refractivity contribution in [1.29, 1.82) is 0 Å². The van der Waals surface area contributed by atoms with E-state index < -0.39 is 38.8 Å². The van der Waals surface area contributed by atoms with E-state index in [9.17, 15) is 29.8 Å². The van der Waals surface area contributed by atoms with Gasteiger partial charge in [0.2, 0.25) is 5.75 Å². The molecular weight excluding hydrogens is 604 g/mol. The summed E-state index contributed by atoms with van der Waals surface area (Å²) in [7, 11) is 0. The number of benzene rings is 3. The lowest BCUT2D eigenvalue weighted by atomic mass is 9.96. The number of ether oxygens (including phenoxy) is 3. The van der Waals surface area contributed by atoms with E-state index in [4.69, 9.17) is 14.2 Å². The Morgan fingerprint density at radius 3 is 2.40 bits per heavy atom. The third kappa shape index (κ3) is 6.21. The van der Waals surface area contributed by atoms with Crippen molar-refractivity contribution in [1.82, 2.24) is 4.57 Å². The van der Waals surface area contributed by atoms with Crippen molar-refractivity contribution >= 4 is 34.8 Å². The molecule has 0 saturated carbocycles. The second-order valence-electron chi connectivity index (χ2n) is 9.61. The molecule has 0 spiro atoms. The number of non-ortho nitro benzene ring substituents is 1. The summed E-state index contributed by atoms with van der Waals surface area (Å²) >= 11 is 1.10. The molecule has 0 N–H and O–H groups in total. The molecule has 45 heavy (non-hydrogen) atoms. The minimum absolute atomic E-state index is 0.139. The molecule has 1 aliphatic rings.